The van der Waals surface area contributed by atoms with E-state index in [2.05, 4.69) is 31.6 Å². The van der Waals surface area contributed by atoms with Crippen LogP contribution in [0.15, 0.2) is 42.5 Å². The number of hydrogen-bond acceptors (Lipinski definition) is 5. The van der Waals surface area contributed by atoms with E-state index >= 15 is 0 Å². The molecule has 0 spiro atoms. The maximum absolute atomic E-state index is 10.3. The lowest BCUT2D eigenvalue weighted by atomic mass is 9.85. The maximum Gasteiger partial charge on any atom is 0.120 e. The molecule has 0 unspecified atom stereocenters. The number of rotatable bonds is 3. The topological polar surface area (TPSA) is 100 Å². The molecule has 0 aliphatic heterocycles. The van der Waals surface area contributed by atoms with Gasteiger partial charge in [-0.25, -0.2) is 0 Å². The Morgan fingerprint density at radius 3 is 1.92 bits per heavy atom. The van der Waals surface area contributed by atoms with Gasteiger partial charge in [0.1, 0.15) is 6.29 Å². The summed E-state index contributed by atoms with van der Waals surface area (Å²) in [4.78, 5) is 10.3. The molecule has 0 atom stereocenters. The molecule has 1 aromatic rings. The Morgan fingerprint density at radius 1 is 1.04 bits per heavy atom. The second kappa shape index (κ2) is 11.9. The van der Waals surface area contributed by atoms with Crippen molar-refractivity contribution in [2.75, 3.05) is 20.0 Å². The predicted molar refractivity (Wildman–Crippen MR) is 111 cm³/mol. The number of ether oxygens (including phenoxy) is 1. The number of carbonyl (C=O) groups excluding carboxylic acids is 1. The molecule has 142 valence electrons. The van der Waals surface area contributed by atoms with Gasteiger partial charge in [0.05, 0.1) is 11.4 Å². The minimum Gasteiger partial charge on any atom is -0.399 e. The Labute approximate surface area is 157 Å². The highest BCUT2D eigenvalue weighted by atomic mass is 16.4. The first kappa shape index (κ1) is 23.5. The minimum absolute atomic E-state index is 0.102. The van der Waals surface area contributed by atoms with Crippen LogP contribution in [0, 0.1) is 10.8 Å². The Hall–Kier alpha value is -2.53. The van der Waals surface area contributed by atoms with Crippen LogP contribution in [0.25, 0.3) is 0 Å². The number of nitrogen functional groups attached to an aromatic ring is 1. The standard InChI is InChI=1S/C13H19NO.C6H6N2.C2H6O/c1-13(2,3)11-7-10(5-4-6-15)8-12(14)9-11;7-5-3-1-2-4-6(5)8;1-3-2/h6-9H,4-5,14H2,1-3H3;1-4,7-8H;1-2H3. The number of hydrogen-bond donors (Lipinski definition) is 3. The van der Waals surface area contributed by atoms with Crippen molar-refractivity contribution in [3.05, 3.63) is 53.6 Å². The smallest absolute Gasteiger partial charge is 0.120 e. The third-order valence-corrected chi connectivity index (χ3v) is 3.36. The van der Waals surface area contributed by atoms with Crippen LogP contribution in [0.5, 0.6) is 0 Å². The quantitative estimate of drug-likeness (QED) is 0.431. The van der Waals surface area contributed by atoms with Crippen molar-refractivity contribution >= 4 is 23.4 Å². The highest BCUT2D eigenvalue weighted by molar-refractivity contribution is 6.48. The van der Waals surface area contributed by atoms with Crippen LogP contribution < -0.4 is 5.73 Å². The van der Waals surface area contributed by atoms with E-state index in [1.807, 2.05) is 12.1 Å². The van der Waals surface area contributed by atoms with Gasteiger partial charge < -0.3 is 15.3 Å². The highest BCUT2D eigenvalue weighted by Gasteiger charge is 2.14. The molecule has 5 heteroatoms. The van der Waals surface area contributed by atoms with E-state index < -0.39 is 0 Å². The minimum atomic E-state index is 0.102. The number of anilines is 1. The third kappa shape index (κ3) is 9.69. The van der Waals surface area contributed by atoms with Gasteiger partial charge in [0.15, 0.2) is 0 Å². The molecule has 5 nitrogen and oxygen atoms in total. The van der Waals surface area contributed by atoms with E-state index in [9.17, 15) is 4.79 Å². The average Bonchev–Trinajstić information content (AvgIpc) is 2.56. The molecule has 4 N–H and O–H groups in total. The number of allylic oxidation sites excluding steroid dienone is 4. The zero-order chi connectivity index (χ0) is 20.2. The molecule has 0 bridgehead atoms. The number of aldehydes is 1. The van der Waals surface area contributed by atoms with Gasteiger partial charge in [-0.2, -0.15) is 0 Å². The summed E-state index contributed by atoms with van der Waals surface area (Å²) in [6.45, 7) is 6.47. The lowest BCUT2D eigenvalue weighted by Crippen LogP contribution is -2.12. The average molecular weight is 357 g/mol. The molecular weight excluding hydrogens is 326 g/mol. The van der Waals surface area contributed by atoms with Crippen LogP contribution in [0.2, 0.25) is 0 Å². The third-order valence-electron chi connectivity index (χ3n) is 3.36. The Balaban J connectivity index is 0.000000474. The van der Waals surface area contributed by atoms with Crippen molar-refractivity contribution in [1.29, 1.82) is 10.8 Å². The number of nitrogens with two attached hydrogens (primary N) is 1. The maximum atomic E-state index is 10.3. The molecule has 0 heterocycles. The molecule has 0 fully saturated rings. The van der Waals surface area contributed by atoms with E-state index in [1.165, 1.54) is 5.56 Å². The molecule has 0 aromatic heterocycles. The molecule has 0 amide bonds. The van der Waals surface area contributed by atoms with Gasteiger partial charge in [0.2, 0.25) is 0 Å². The number of benzene rings is 1. The van der Waals surface area contributed by atoms with Crippen LogP contribution >= 0.6 is 0 Å². The first-order chi connectivity index (χ1) is 12.1. The summed E-state index contributed by atoms with van der Waals surface area (Å²) in [6.07, 6.45) is 8.98. The van der Waals surface area contributed by atoms with Crippen LogP contribution in [0.1, 0.15) is 38.3 Å². The van der Waals surface area contributed by atoms with E-state index in [4.69, 9.17) is 16.6 Å². The molecule has 1 aliphatic rings. The summed E-state index contributed by atoms with van der Waals surface area (Å²) in [5.41, 5.74) is 9.66. The fraction of sp³-hybridized carbons (Fsp3) is 0.381. The van der Waals surface area contributed by atoms with Crippen molar-refractivity contribution in [3.8, 4) is 0 Å². The number of carbonyl (C=O) groups is 1. The zero-order valence-corrected chi connectivity index (χ0v) is 16.4. The summed E-state index contributed by atoms with van der Waals surface area (Å²) >= 11 is 0. The number of methoxy groups -OCH3 is 1. The van der Waals surface area contributed by atoms with Crippen LogP contribution in [-0.2, 0) is 21.4 Å². The second-order valence-corrected chi connectivity index (χ2v) is 6.87. The summed E-state index contributed by atoms with van der Waals surface area (Å²) in [5, 5.41) is 14.1. The normalized spacial score (nSPS) is 12.7. The molecule has 1 aromatic carbocycles. The molecule has 0 radical (unpaired) electrons. The molecule has 1 aliphatic carbocycles. The summed E-state index contributed by atoms with van der Waals surface area (Å²) < 4.78 is 4.25. The van der Waals surface area contributed by atoms with Gasteiger partial charge >= 0.3 is 0 Å². The van der Waals surface area contributed by atoms with Gasteiger partial charge in [-0.3, -0.25) is 10.8 Å². The van der Waals surface area contributed by atoms with Crippen molar-refractivity contribution in [2.24, 2.45) is 0 Å². The van der Waals surface area contributed by atoms with E-state index in [0.29, 0.717) is 6.42 Å². The molecule has 26 heavy (non-hydrogen) atoms. The van der Waals surface area contributed by atoms with Crippen molar-refractivity contribution in [3.63, 3.8) is 0 Å². The van der Waals surface area contributed by atoms with Gasteiger partial charge in [-0.05, 0) is 47.2 Å². The molecular formula is C21H31N3O2. The van der Waals surface area contributed by atoms with Gasteiger partial charge in [0.25, 0.3) is 0 Å². The Morgan fingerprint density at radius 2 is 1.54 bits per heavy atom. The van der Waals surface area contributed by atoms with Gasteiger partial charge in [-0.1, -0.05) is 39.0 Å². The second-order valence-electron chi connectivity index (χ2n) is 6.87. The largest absolute Gasteiger partial charge is 0.399 e. The number of nitrogens with one attached hydrogen (secondary N) is 2. The first-order valence-corrected chi connectivity index (χ1v) is 8.41. The van der Waals surface area contributed by atoms with E-state index in [1.54, 1.807) is 38.5 Å². The van der Waals surface area contributed by atoms with Crippen LogP contribution in [0.3, 0.4) is 0 Å². The van der Waals surface area contributed by atoms with Crippen molar-refractivity contribution < 1.29 is 9.53 Å². The summed E-state index contributed by atoms with van der Waals surface area (Å²) in [6, 6.07) is 6.09. The van der Waals surface area contributed by atoms with E-state index in [-0.39, 0.29) is 16.8 Å². The lowest BCUT2D eigenvalue weighted by Gasteiger charge is -2.20. The molecule has 0 saturated carbocycles. The molecule has 0 saturated heterocycles. The van der Waals surface area contributed by atoms with Crippen molar-refractivity contribution in [2.45, 2.75) is 39.0 Å². The fourth-order valence-corrected chi connectivity index (χ4v) is 2.00. The lowest BCUT2D eigenvalue weighted by molar-refractivity contribution is -0.107. The van der Waals surface area contributed by atoms with Crippen LogP contribution in [0.4, 0.5) is 5.69 Å². The number of aryl methyl sites for hydroxylation is 1. The highest BCUT2D eigenvalue weighted by Crippen LogP contribution is 2.25. The summed E-state index contributed by atoms with van der Waals surface area (Å²) in [5.74, 6) is 0. The van der Waals surface area contributed by atoms with Gasteiger partial charge in [0, 0.05) is 26.3 Å². The van der Waals surface area contributed by atoms with Crippen LogP contribution in [-0.4, -0.2) is 31.9 Å². The molecule has 2 rings (SSSR count). The SMILES string of the molecule is CC(C)(C)c1cc(N)cc(CCC=O)c1.COC.N=C1C=CC=CC1=N. The first-order valence-electron chi connectivity index (χ1n) is 8.41. The monoisotopic (exact) mass is 357 g/mol. The van der Waals surface area contributed by atoms with Crippen molar-refractivity contribution in [1.82, 2.24) is 0 Å². The fourth-order valence-electron chi connectivity index (χ4n) is 2.00. The van der Waals surface area contributed by atoms with Gasteiger partial charge in [-0.15, -0.1) is 0 Å². The van der Waals surface area contributed by atoms with E-state index in [0.717, 1.165) is 24.0 Å². The Bertz CT molecular complexity index is 646. The summed E-state index contributed by atoms with van der Waals surface area (Å²) in [7, 11) is 3.25. The Kier molecular flexibility index (Phi) is 10.8. The zero-order valence-electron chi connectivity index (χ0n) is 16.4. The predicted octanol–water partition coefficient (Wildman–Crippen LogP) is 4.11.